The SMILES string of the molecule is COc1cccc(NC(=O)COC(=O)CCC(=O)NNC(=O)c2ccc(Cl)cc2)c1. The van der Waals surface area contributed by atoms with Gasteiger partial charge in [0.15, 0.2) is 6.61 Å². The molecule has 0 spiro atoms. The summed E-state index contributed by atoms with van der Waals surface area (Å²) >= 11 is 5.74. The van der Waals surface area contributed by atoms with Crippen LogP contribution < -0.4 is 20.9 Å². The zero-order valence-corrected chi connectivity index (χ0v) is 16.8. The molecule has 0 heterocycles. The van der Waals surface area contributed by atoms with Crippen LogP contribution in [0.4, 0.5) is 5.69 Å². The summed E-state index contributed by atoms with van der Waals surface area (Å²) in [6.07, 6.45) is -0.480. The first-order chi connectivity index (χ1) is 14.4. The van der Waals surface area contributed by atoms with E-state index in [1.165, 1.54) is 19.2 Å². The van der Waals surface area contributed by atoms with Crippen LogP contribution in [0, 0.1) is 0 Å². The number of carbonyl (C=O) groups is 4. The van der Waals surface area contributed by atoms with E-state index >= 15 is 0 Å². The van der Waals surface area contributed by atoms with Gasteiger partial charge in [0.1, 0.15) is 5.75 Å². The summed E-state index contributed by atoms with van der Waals surface area (Å²) in [6.45, 7) is -0.495. The Morgan fingerprint density at radius 1 is 0.933 bits per heavy atom. The number of anilines is 1. The average Bonchev–Trinajstić information content (AvgIpc) is 2.75. The second-order valence-electron chi connectivity index (χ2n) is 5.95. The van der Waals surface area contributed by atoms with Crippen molar-refractivity contribution in [2.45, 2.75) is 12.8 Å². The first-order valence-corrected chi connectivity index (χ1v) is 9.19. The second-order valence-corrected chi connectivity index (χ2v) is 6.39. The highest BCUT2D eigenvalue weighted by atomic mass is 35.5. The largest absolute Gasteiger partial charge is 0.497 e. The first kappa shape index (κ1) is 22.7. The summed E-state index contributed by atoms with van der Waals surface area (Å²) in [5, 5.41) is 3.04. The van der Waals surface area contributed by atoms with Crippen molar-refractivity contribution >= 4 is 41.0 Å². The molecule has 0 saturated heterocycles. The normalized spacial score (nSPS) is 9.93. The molecule has 0 aromatic heterocycles. The Morgan fingerprint density at radius 3 is 2.37 bits per heavy atom. The van der Waals surface area contributed by atoms with Crippen molar-refractivity contribution in [3.63, 3.8) is 0 Å². The third-order valence-corrected chi connectivity index (χ3v) is 3.95. The van der Waals surface area contributed by atoms with Crippen LogP contribution in [-0.4, -0.2) is 37.4 Å². The molecule has 0 aliphatic rings. The van der Waals surface area contributed by atoms with Gasteiger partial charge in [-0.2, -0.15) is 0 Å². The fraction of sp³-hybridized carbons (Fsp3) is 0.200. The molecule has 0 radical (unpaired) electrons. The average molecular weight is 434 g/mol. The number of ether oxygens (including phenoxy) is 2. The molecule has 9 nitrogen and oxygen atoms in total. The molecule has 158 valence electrons. The lowest BCUT2D eigenvalue weighted by atomic mass is 10.2. The third kappa shape index (κ3) is 7.80. The predicted octanol–water partition coefficient (Wildman–Crippen LogP) is 2.07. The lowest BCUT2D eigenvalue weighted by Crippen LogP contribution is -2.41. The summed E-state index contributed by atoms with van der Waals surface area (Å²) < 4.78 is 9.87. The van der Waals surface area contributed by atoms with Crippen LogP contribution in [0.1, 0.15) is 23.2 Å². The van der Waals surface area contributed by atoms with E-state index in [1.54, 1.807) is 36.4 Å². The molecular formula is C20H20ClN3O6. The summed E-state index contributed by atoms with van der Waals surface area (Å²) in [5.74, 6) is -1.81. The van der Waals surface area contributed by atoms with Crippen molar-refractivity contribution in [1.29, 1.82) is 0 Å². The molecule has 0 unspecified atom stereocenters. The molecule has 0 aliphatic heterocycles. The summed E-state index contributed by atoms with van der Waals surface area (Å²) in [4.78, 5) is 47.1. The van der Waals surface area contributed by atoms with E-state index in [0.29, 0.717) is 22.0 Å². The van der Waals surface area contributed by atoms with Gasteiger partial charge in [0.05, 0.1) is 13.5 Å². The number of carbonyl (C=O) groups excluding carboxylic acids is 4. The Kier molecular flexibility index (Phi) is 8.64. The van der Waals surface area contributed by atoms with Crippen molar-refractivity contribution in [1.82, 2.24) is 10.9 Å². The molecule has 0 fully saturated rings. The molecule has 30 heavy (non-hydrogen) atoms. The van der Waals surface area contributed by atoms with Gasteiger partial charge >= 0.3 is 5.97 Å². The van der Waals surface area contributed by atoms with Crippen molar-refractivity contribution in [2.24, 2.45) is 0 Å². The van der Waals surface area contributed by atoms with Crippen molar-refractivity contribution in [3.05, 3.63) is 59.1 Å². The molecular weight excluding hydrogens is 414 g/mol. The maximum absolute atomic E-state index is 11.9. The number of esters is 1. The molecule has 10 heteroatoms. The number of hydrogen-bond donors (Lipinski definition) is 3. The predicted molar refractivity (Wildman–Crippen MR) is 109 cm³/mol. The number of hydrogen-bond acceptors (Lipinski definition) is 6. The smallest absolute Gasteiger partial charge is 0.306 e. The monoisotopic (exact) mass is 433 g/mol. The maximum atomic E-state index is 11.9. The molecule has 2 rings (SSSR count). The van der Waals surface area contributed by atoms with Crippen molar-refractivity contribution < 1.29 is 28.7 Å². The number of benzene rings is 2. The minimum atomic E-state index is -0.727. The second kappa shape index (κ2) is 11.4. The molecule has 3 N–H and O–H groups in total. The van der Waals surface area contributed by atoms with E-state index < -0.39 is 30.3 Å². The van der Waals surface area contributed by atoms with Crippen LogP contribution in [0.2, 0.25) is 5.02 Å². The summed E-state index contributed by atoms with van der Waals surface area (Å²) in [6, 6.07) is 12.8. The van der Waals surface area contributed by atoms with Crippen LogP contribution in [-0.2, 0) is 19.1 Å². The quantitative estimate of drug-likeness (QED) is 0.432. The summed E-state index contributed by atoms with van der Waals surface area (Å²) in [7, 11) is 1.50. The van der Waals surface area contributed by atoms with Gasteiger partial charge in [0.2, 0.25) is 5.91 Å². The van der Waals surface area contributed by atoms with Crippen LogP contribution >= 0.6 is 11.6 Å². The zero-order valence-electron chi connectivity index (χ0n) is 16.1. The van der Waals surface area contributed by atoms with Gasteiger partial charge in [-0.05, 0) is 36.4 Å². The number of amides is 3. The van der Waals surface area contributed by atoms with Crippen LogP contribution in [0.25, 0.3) is 0 Å². The van der Waals surface area contributed by atoms with Crippen LogP contribution in [0.3, 0.4) is 0 Å². The topological polar surface area (TPSA) is 123 Å². The molecule has 0 saturated carbocycles. The summed E-state index contributed by atoms with van der Waals surface area (Å²) in [5.41, 5.74) is 5.21. The Labute approximate surface area is 177 Å². The minimum Gasteiger partial charge on any atom is -0.497 e. The van der Waals surface area contributed by atoms with E-state index in [2.05, 4.69) is 16.2 Å². The van der Waals surface area contributed by atoms with Gasteiger partial charge in [-0.1, -0.05) is 17.7 Å². The fourth-order valence-electron chi connectivity index (χ4n) is 2.19. The van der Waals surface area contributed by atoms with E-state index in [0.717, 1.165) is 0 Å². The van der Waals surface area contributed by atoms with Gasteiger partial charge in [0.25, 0.3) is 11.8 Å². The number of nitrogens with one attached hydrogen (secondary N) is 3. The number of hydrazine groups is 1. The van der Waals surface area contributed by atoms with Crippen molar-refractivity contribution in [2.75, 3.05) is 19.0 Å². The molecule has 3 amide bonds. The van der Waals surface area contributed by atoms with E-state index in [1.807, 2.05) is 0 Å². The maximum Gasteiger partial charge on any atom is 0.306 e. The molecule has 0 atom stereocenters. The first-order valence-electron chi connectivity index (χ1n) is 8.81. The lowest BCUT2D eigenvalue weighted by molar-refractivity contribution is -0.148. The Balaban J connectivity index is 1.64. The van der Waals surface area contributed by atoms with Gasteiger partial charge < -0.3 is 14.8 Å². The highest BCUT2D eigenvalue weighted by molar-refractivity contribution is 6.30. The van der Waals surface area contributed by atoms with Gasteiger partial charge in [0, 0.05) is 28.8 Å². The van der Waals surface area contributed by atoms with E-state index in [-0.39, 0.29) is 12.8 Å². The van der Waals surface area contributed by atoms with Gasteiger partial charge in [-0.15, -0.1) is 0 Å². The molecule has 2 aromatic rings. The van der Waals surface area contributed by atoms with Crippen molar-refractivity contribution in [3.8, 4) is 5.75 Å². The Morgan fingerprint density at radius 2 is 1.67 bits per heavy atom. The lowest BCUT2D eigenvalue weighted by Gasteiger charge is -2.09. The van der Waals surface area contributed by atoms with Gasteiger partial charge in [-0.3, -0.25) is 30.0 Å². The number of rotatable bonds is 8. The molecule has 0 aliphatic carbocycles. The zero-order chi connectivity index (χ0) is 21.9. The Bertz CT molecular complexity index is 917. The van der Waals surface area contributed by atoms with Crippen LogP contribution in [0.15, 0.2) is 48.5 Å². The number of halogens is 1. The van der Waals surface area contributed by atoms with E-state index in [4.69, 9.17) is 21.1 Å². The Hall–Kier alpha value is -3.59. The highest BCUT2D eigenvalue weighted by Gasteiger charge is 2.12. The van der Waals surface area contributed by atoms with Gasteiger partial charge in [-0.25, -0.2) is 0 Å². The third-order valence-electron chi connectivity index (χ3n) is 3.70. The van der Waals surface area contributed by atoms with E-state index in [9.17, 15) is 19.2 Å². The number of methoxy groups -OCH3 is 1. The molecule has 2 aromatic carbocycles. The highest BCUT2D eigenvalue weighted by Crippen LogP contribution is 2.16. The van der Waals surface area contributed by atoms with Crippen LogP contribution in [0.5, 0.6) is 5.75 Å². The standard InChI is InChI=1S/C20H20ClN3O6/c1-29-16-4-2-3-15(11-16)22-18(26)12-30-19(27)10-9-17(25)23-24-20(28)13-5-7-14(21)8-6-13/h2-8,11H,9-10,12H2,1H3,(H,22,26)(H,23,25)(H,24,28). The minimum absolute atomic E-state index is 0.225. The fourth-order valence-corrected chi connectivity index (χ4v) is 2.32. The molecule has 0 bridgehead atoms.